The predicted octanol–water partition coefficient (Wildman–Crippen LogP) is 5.47. The summed E-state index contributed by atoms with van der Waals surface area (Å²) >= 11 is 24.3. The van der Waals surface area contributed by atoms with Crippen LogP contribution in [0.4, 0.5) is 0 Å². The number of halogens is 4. The van der Waals surface area contributed by atoms with E-state index < -0.39 is 0 Å². The van der Waals surface area contributed by atoms with E-state index in [1.54, 1.807) is 6.07 Å². The molecule has 0 radical (unpaired) electrons. The molecule has 0 atom stereocenters. The van der Waals surface area contributed by atoms with Gasteiger partial charge in [-0.05, 0) is 42.3 Å². The third-order valence-electron chi connectivity index (χ3n) is 2.81. The maximum absolute atomic E-state index is 6.27. The van der Waals surface area contributed by atoms with Gasteiger partial charge in [0.05, 0.1) is 15.1 Å². The molecule has 0 bridgehead atoms. The molecule has 0 unspecified atom stereocenters. The summed E-state index contributed by atoms with van der Waals surface area (Å²) in [4.78, 5) is 0. The highest BCUT2D eigenvalue weighted by molar-refractivity contribution is 6.49. The van der Waals surface area contributed by atoms with Gasteiger partial charge >= 0.3 is 0 Å². The van der Waals surface area contributed by atoms with Gasteiger partial charge in [-0.2, -0.15) is 0 Å². The molecule has 5 heteroatoms. The summed E-state index contributed by atoms with van der Waals surface area (Å²) in [5, 5.41) is 1.84. The molecule has 2 aromatic carbocycles. The summed E-state index contributed by atoms with van der Waals surface area (Å²) in [5.41, 5.74) is 8.44. The number of hydrogen-bond donors (Lipinski definition) is 1. The molecule has 0 amide bonds. The minimum absolute atomic E-state index is 0.347. The molecule has 2 aromatic rings. The lowest BCUT2D eigenvalue weighted by Crippen LogP contribution is -2.04. The minimum atomic E-state index is 0.347. The fourth-order valence-electron chi connectivity index (χ4n) is 1.91. The van der Waals surface area contributed by atoms with E-state index in [0.29, 0.717) is 26.6 Å². The molecule has 2 rings (SSSR count). The van der Waals surface area contributed by atoms with Crippen LogP contribution in [0.5, 0.6) is 0 Å². The third kappa shape index (κ3) is 3.18. The first-order valence-corrected chi connectivity index (χ1v) is 7.18. The Morgan fingerprint density at radius 1 is 0.842 bits per heavy atom. The maximum atomic E-state index is 6.27. The van der Waals surface area contributed by atoms with E-state index in [0.717, 1.165) is 23.1 Å². The van der Waals surface area contributed by atoms with Crippen molar-refractivity contribution in [3.8, 4) is 11.1 Å². The van der Waals surface area contributed by atoms with Gasteiger partial charge < -0.3 is 5.73 Å². The topological polar surface area (TPSA) is 26.0 Å². The SMILES string of the molecule is NCCc1ccc(Cl)cc1-c1ccc(Cl)c(Cl)c1Cl. The van der Waals surface area contributed by atoms with Crippen LogP contribution < -0.4 is 5.73 Å². The van der Waals surface area contributed by atoms with Gasteiger partial charge in [0.15, 0.2) is 0 Å². The van der Waals surface area contributed by atoms with Crippen LogP contribution in [0.25, 0.3) is 11.1 Å². The second-order valence-corrected chi connectivity index (χ2v) is 5.66. The van der Waals surface area contributed by atoms with Crippen LogP contribution in [0.15, 0.2) is 30.3 Å². The molecule has 1 nitrogen and oxygen atoms in total. The van der Waals surface area contributed by atoms with Crippen molar-refractivity contribution in [3.05, 3.63) is 56.0 Å². The summed E-state index contributed by atoms with van der Waals surface area (Å²) in [7, 11) is 0. The summed E-state index contributed by atoms with van der Waals surface area (Å²) in [5.74, 6) is 0. The number of benzene rings is 2. The predicted molar refractivity (Wildman–Crippen MR) is 84.7 cm³/mol. The van der Waals surface area contributed by atoms with Crippen molar-refractivity contribution in [2.24, 2.45) is 5.73 Å². The number of rotatable bonds is 3. The van der Waals surface area contributed by atoms with E-state index in [2.05, 4.69) is 0 Å². The molecule has 0 heterocycles. The van der Waals surface area contributed by atoms with Gasteiger partial charge in [-0.1, -0.05) is 58.5 Å². The highest BCUT2D eigenvalue weighted by Crippen LogP contribution is 2.39. The highest BCUT2D eigenvalue weighted by atomic mass is 35.5. The zero-order valence-corrected chi connectivity index (χ0v) is 12.9. The van der Waals surface area contributed by atoms with Gasteiger partial charge in [-0.15, -0.1) is 0 Å². The molecule has 2 N–H and O–H groups in total. The average molecular weight is 335 g/mol. The normalized spacial score (nSPS) is 10.8. The van der Waals surface area contributed by atoms with Crippen LogP contribution in [0.2, 0.25) is 20.1 Å². The zero-order chi connectivity index (χ0) is 14.0. The van der Waals surface area contributed by atoms with Gasteiger partial charge in [0.25, 0.3) is 0 Å². The lowest BCUT2D eigenvalue weighted by molar-refractivity contribution is 0.971. The fraction of sp³-hybridized carbons (Fsp3) is 0.143. The fourth-order valence-corrected chi connectivity index (χ4v) is 2.72. The van der Waals surface area contributed by atoms with Crippen LogP contribution in [0.1, 0.15) is 5.56 Å². The number of nitrogens with two attached hydrogens (primary N) is 1. The van der Waals surface area contributed by atoms with E-state index in [1.807, 2.05) is 24.3 Å². The van der Waals surface area contributed by atoms with Crippen LogP contribution in [-0.2, 0) is 6.42 Å². The van der Waals surface area contributed by atoms with Gasteiger partial charge in [0, 0.05) is 10.6 Å². The van der Waals surface area contributed by atoms with Gasteiger partial charge in [-0.25, -0.2) is 0 Å². The third-order valence-corrected chi connectivity index (χ3v) is 4.34. The lowest BCUT2D eigenvalue weighted by Gasteiger charge is -2.12. The van der Waals surface area contributed by atoms with Crippen molar-refractivity contribution in [2.75, 3.05) is 6.54 Å². The highest BCUT2D eigenvalue weighted by Gasteiger charge is 2.13. The smallest absolute Gasteiger partial charge is 0.0784 e. The van der Waals surface area contributed by atoms with Crippen molar-refractivity contribution in [3.63, 3.8) is 0 Å². The second kappa shape index (κ2) is 6.34. The lowest BCUT2D eigenvalue weighted by atomic mass is 9.97. The molecule has 0 aliphatic carbocycles. The molecule has 100 valence electrons. The van der Waals surface area contributed by atoms with E-state index in [4.69, 9.17) is 52.1 Å². The van der Waals surface area contributed by atoms with Crippen LogP contribution in [0.3, 0.4) is 0 Å². The van der Waals surface area contributed by atoms with Crippen LogP contribution in [0, 0.1) is 0 Å². The molecule has 0 aliphatic rings. The van der Waals surface area contributed by atoms with Crippen molar-refractivity contribution >= 4 is 46.4 Å². The van der Waals surface area contributed by atoms with Gasteiger partial charge in [0.2, 0.25) is 0 Å². The average Bonchev–Trinajstić information content (AvgIpc) is 2.39. The molecule has 0 fully saturated rings. The first kappa shape index (κ1) is 15.0. The molecule has 19 heavy (non-hydrogen) atoms. The molecule has 0 spiro atoms. The Balaban J connectivity index is 2.64. The van der Waals surface area contributed by atoms with Crippen molar-refractivity contribution in [1.29, 1.82) is 0 Å². The largest absolute Gasteiger partial charge is 0.330 e. The Morgan fingerprint density at radius 3 is 2.26 bits per heavy atom. The summed E-state index contributed by atoms with van der Waals surface area (Å²) in [6.07, 6.45) is 0.739. The first-order chi connectivity index (χ1) is 9.04. The molecule has 0 saturated heterocycles. The van der Waals surface area contributed by atoms with Crippen molar-refractivity contribution in [1.82, 2.24) is 0 Å². The summed E-state index contributed by atoms with van der Waals surface area (Å²) in [6, 6.07) is 9.20. The van der Waals surface area contributed by atoms with E-state index >= 15 is 0 Å². The van der Waals surface area contributed by atoms with Gasteiger partial charge in [-0.3, -0.25) is 0 Å². The first-order valence-electron chi connectivity index (χ1n) is 5.67. The van der Waals surface area contributed by atoms with E-state index in [1.165, 1.54) is 0 Å². The quantitative estimate of drug-likeness (QED) is 0.740. The standard InChI is InChI=1S/C14H11Cl4N/c15-9-2-1-8(5-6-19)11(7-9)10-3-4-12(16)14(18)13(10)17/h1-4,7H,5-6,19H2. The van der Waals surface area contributed by atoms with Crippen LogP contribution in [-0.4, -0.2) is 6.54 Å². The summed E-state index contributed by atoms with van der Waals surface area (Å²) < 4.78 is 0. The Morgan fingerprint density at radius 2 is 1.58 bits per heavy atom. The minimum Gasteiger partial charge on any atom is -0.330 e. The second-order valence-electron chi connectivity index (χ2n) is 4.06. The maximum Gasteiger partial charge on any atom is 0.0784 e. The molecule has 0 saturated carbocycles. The molecular formula is C14H11Cl4N. The number of hydrogen-bond acceptors (Lipinski definition) is 1. The Labute approximate surface area is 132 Å². The van der Waals surface area contributed by atoms with E-state index in [9.17, 15) is 0 Å². The Bertz CT molecular complexity index is 611. The Kier molecular flexibility index (Phi) is 4.99. The summed E-state index contributed by atoms with van der Waals surface area (Å²) in [6.45, 7) is 0.549. The van der Waals surface area contributed by atoms with Crippen molar-refractivity contribution < 1.29 is 0 Å². The Hall–Kier alpha value is -0.440. The molecule has 0 aliphatic heterocycles. The zero-order valence-electron chi connectivity index (χ0n) is 9.89. The molecular weight excluding hydrogens is 324 g/mol. The molecule has 0 aromatic heterocycles. The van der Waals surface area contributed by atoms with Crippen LogP contribution >= 0.6 is 46.4 Å². The monoisotopic (exact) mass is 333 g/mol. The van der Waals surface area contributed by atoms with Gasteiger partial charge in [0.1, 0.15) is 0 Å². The van der Waals surface area contributed by atoms with Crippen molar-refractivity contribution in [2.45, 2.75) is 6.42 Å². The van der Waals surface area contributed by atoms with E-state index in [-0.39, 0.29) is 0 Å².